The zero-order valence-electron chi connectivity index (χ0n) is 10.7. The highest BCUT2D eigenvalue weighted by molar-refractivity contribution is 6.43. The molecular formula is C15H17Cl2NO. The molecule has 0 saturated heterocycles. The predicted molar refractivity (Wildman–Crippen MR) is 77.8 cm³/mol. The Balaban J connectivity index is 1.79. The number of carbonyl (C=O) groups excluding carboxylic acids is 1. The van der Waals surface area contributed by atoms with E-state index in [-0.39, 0.29) is 5.91 Å². The van der Waals surface area contributed by atoms with Crippen molar-refractivity contribution in [3.05, 3.63) is 33.8 Å². The summed E-state index contributed by atoms with van der Waals surface area (Å²) in [6.45, 7) is 1.75. The van der Waals surface area contributed by atoms with Gasteiger partial charge in [-0.25, -0.2) is 0 Å². The molecule has 1 aromatic carbocycles. The van der Waals surface area contributed by atoms with Crippen molar-refractivity contribution in [2.24, 2.45) is 11.8 Å². The molecule has 2 fully saturated rings. The smallest absolute Gasteiger partial charge is 0.255 e. The van der Waals surface area contributed by atoms with Gasteiger partial charge in [0, 0.05) is 13.1 Å². The van der Waals surface area contributed by atoms with Crippen molar-refractivity contribution in [1.82, 2.24) is 4.90 Å². The summed E-state index contributed by atoms with van der Waals surface area (Å²) in [4.78, 5) is 14.6. The van der Waals surface area contributed by atoms with Crippen molar-refractivity contribution >= 4 is 29.1 Å². The van der Waals surface area contributed by atoms with Crippen LogP contribution in [-0.4, -0.2) is 23.9 Å². The number of hydrogen-bond acceptors (Lipinski definition) is 1. The molecule has 0 aliphatic heterocycles. The Morgan fingerprint density at radius 3 is 2.21 bits per heavy atom. The van der Waals surface area contributed by atoms with Gasteiger partial charge in [-0.2, -0.15) is 0 Å². The normalized spacial score (nSPS) is 18.4. The fourth-order valence-electron chi connectivity index (χ4n) is 2.30. The number of carbonyl (C=O) groups is 1. The van der Waals surface area contributed by atoms with E-state index in [1.807, 2.05) is 4.90 Å². The molecule has 1 aromatic rings. The first-order valence-electron chi connectivity index (χ1n) is 6.88. The molecule has 0 N–H and O–H groups in total. The highest BCUT2D eigenvalue weighted by atomic mass is 35.5. The van der Waals surface area contributed by atoms with E-state index in [9.17, 15) is 4.79 Å². The van der Waals surface area contributed by atoms with Gasteiger partial charge >= 0.3 is 0 Å². The van der Waals surface area contributed by atoms with Crippen LogP contribution in [0.3, 0.4) is 0 Å². The number of hydrogen-bond donors (Lipinski definition) is 0. The predicted octanol–water partition coefficient (Wildman–Crippen LogP) is 4.26. The van der Waals surface area contributed by atoms with E-state index in [1.54, 1.807) is 18.2 Å². The van der Waals surface area contributed by atoms with Gasteiger partial charge in [0.2, 0.25) is 0 Å². The zero-order valence-corrected chi connectivity index (χ0v) is 12.3. The topological polar surface area (TPSA) is 20.3 Å². The third-order valence-electron chi connectivity index (χ3n) is 3.82. The van der Waals surface area contributed by atoms with Crippen molar-refractivity contribution in [3.8, 4) is 0 Å². The van der Waals surface area contributed by atoms with Gasteiger partial charge in [-0.1, -0.05) is 29.3 Å². The van der Waals surface area contributed by atoms with E-state index < -0.39 is 0 Å². The van der Waals surface area contributed by atoms with Gasteiger partial charge in [-0.3, -0.25) is 4.79 Å². The minimum atomic E-state index is 0.0336. The molecular weight excluding hydrogens is 281 g/mol. The lowest BCUT2D eigenvalue weighted by molar-refractivity contribution is 0.0740. The molecule has 4 heteroatoms. The Kier molecular flexibility index (Phi) is 3.72. The van der Waals surface area contributed by atoms with Crippen molar-refractivity contribution < 1.29 is 4.79 Å². The zero-order chi connectivity index (χ0) is 13.4. The second-order valence-corrected chi connectivity index (χ2v) is 6.48. The molecule has 2 nitrogen and oxygen atoms in total. The minimum Gasteiger partial charge on any atom is -0.338 e. The van der Waals surface area contributed by atoms with Crippen LogP contribution in [0.5, 0.6) is 0 Å². The van der Waals surface area contributed by atoms with Gasteiger partial charge in [-0.15, -0.1) is 0 Å². The van der Waals surface area contributed by atoms with Crippen LogP contribution in [0.25, 0.3) is 0 Å². The fourth-order valence-corrected chi connectivity index (χ4v) is 2.69. The number of rotatable bonds is 5. The van der Waals surface area contributed by atoms with E-state index in [2.05, 4.69) is 0 Å². The average Bonchev–Trinajstić information content (AvgIpc) is 3.26. The quantitative estimate of drug-likeness (QED) is 0.795. The number of benzene rings is 1. The second kappa shape index (κ2) is 5.34. The molecule has 0 unspecified atom stereocenters. The van der Waals surface area contributed by atoms with E-state index >= 15 is 0 Å². The van der Waals surface area contributed by atoms with Gasteiger partial charge in [-0.05, 0) is 49.7 Å². The van der Waals surface area contributed by atoms with E-state index in [4.69, 9.17) is 23.2 Å². The van der Waals surface area contributed by atoms with Crippen molar-refractivity contribution in [2.75, 3.05) is 13.1 Å². The first-order valence-corrected chi connectivity index (χ1v) is 7.64. The third kappa shape index (κ3) is 3.24. The lowest BCUT2D eigenvalue weighted by Crippen LogP contribution is -2.34. The monoisotopic (exact) mass is 297 g/mol. The summed E-state index contributed by atoms with van der Waals surface area (Å²) in [6, 6.07) is 5.27. The molecule has 102 valence electrons. The van der Waals surface area contributed by atoms with Crippen molar-refractivity contribution in [3.63, 3.8) is 0 Å². The summed E-state index contributed by atoms with van der Waals surface area (Å²) < 4.78 is 0. The van der Waals surface area contributed by atoms with Gasteiger partial charge in [0.15, 0.2) is 0 Å². The van der Waals surface area contributed by atoms with Gasteiger partial charge < -0.3 is 4.90 Å². The van der Waals surface area contributed by atoms with E-state index in [0.717, 1.165) is 13.1 Å². The van der Waals surface area contributed by atoms with Crippen molar-refractivity contribution in [1.29, 1.82) is 0 Å². The van der Waals surface area contributed by atoms with Crippen LogP contribution in [0.1, 0.15) is 36.0 Å². The summed E-state index contributed by atoms with van der Waals surface area (Å²) >= 11 is 12.2. The molecule has 0 radical (unpaired) electrons. The summed E-state index contributed by atoms with van der Waals surface area (Å²) in [5.74, 6) is 1.42. The SMILES string of the molecule is O=C(c1cccc(Cl)c1Cl)N(CC1CC1)CC1CC1. The molecule has 0 aromatic heterocycles. The maximum absolute atomic E-state index is 12.6. The maximum Gasteiger partial charge on any atom is 0.255 e. The summed E-state index contributed by atoms with van der Waals surface area (Å²) in [7, 11) is 0. The van der Waals surface area contributed by atoms with Crippen LogP contribution < -0.4 is 0 Å². The van der Waals surface area contributed by atoms with Crippen LogP contribution in [0.2, 0.25) is 10.0 Å². The van der Waals surface area contributed by atoms with Crippen LogP contribution >= 0.6 is 23.2 Å². The first kappa shape index (κ1) is 13.3. The number of nitrogens with zero attached hydrogens (tertiary/aromatic N) is 1. The molecule has 1 amide bonds. The average molecular weight is 298 g/mol. The van der Waals surface area contributed by atoms with Crippen LogP contribution in [0, 0.1) is 11.8 Å². The van der Waals surface area contributed by atoms with E-state index in [0.29, 0.717) is 27.4 Å². The van der Waals surface area contributed by atoms with E-state index in [1.165, 1.54) is 25.7 Å². The summed E-state index contributed by atoms with van der Waals surface area (Å²) in [5.41, 5.74) is 0.537. The third-order valence-corrected chi connectivity index (χ3v) is 4.64. The highest BCUT2D eigenvalue weighted by Gasteiger charge is 2.32. The molecule has 19 heavy (non-hydrogen) atoms. The maximum atomic E-state index is 12.6. The van der Waals surface area contributed by atoms with Gasteiger partial charge in [0.05, 0.1) is 15.6 Å². The lowest BCUT2D eigenvalue weighted by atomic mass is 10.1. The largest absolute Gasteiger partial charge is 0.338 e. The summed E-state index contributed by atoms with van der Waals surface area (Å²) in [6.07, 6.45) is 4.99. The second-order valence-electron chi connectivity index (χ2n) is 5.70. The van der Waals surface area contributed by atoms with Gasteiger partial charge in [0.1, 0.15) is 0 Å². The Labute approximate surface area is 123 Å². The first-order chi connectivity index (χ1) is 9.15. The van der Waals surface area contributed by atoms with Crippen LogP contribution in [0.15, 0.2) is 18.2 Å². The molecule has 0 heterocycles. The Hall–Kier alpha value is -0.730. The minimum absolute atomic E-state index is 0.0336. The summed E-state index contributed by atoms with van der Waals surface area (Å²) in [5, 5.41) is 0.830. The van der Waals surface area contributed by atoms with Crippen molar-refractivity contribution in [2.45, 2.75) is 25.7 Å². The molecule has 0 atom stereocenters. The van der Waals surface area contributed by atoms with Crippen LogP contribution in [-0.2, 0) is 0 Å². The Morgan fingerprint density at radius 1 is 1.11 bits per heavy atom. The molecule has 2 aliphatic rings. The highest BCUT2D eigenvalue weighted by Crippen LogP contribution is 2.35. The molecule has 0 spiro atoms. The number of amides is 1. The Bertz CT molecular complexity index is 481. The number of halogens is 2. The fraction of sp³-hybridized carbons (Fsp3) is 0.533. The molecule has 3 rings (SSSR count). The standard InChI is InChI=1S/C15H17Cl2NO/c16-13-3-1-2-12(14(13)17)15(19)18(8-10-4-5-10)9-11-6-7-11/h1-3,10-11H,4-9H2. The Morgan fingerprint density at radius 2 is 1.68 bits per heavy atom. The van der Waals surface area contributed by atoms with Crippen LogP contribution in [0.4, 0.5) is 0 Å². The molecule has 0 bridgehead atoms. The molecule has 2 aliphatic carbocycles. The molecule has 2 saturated carbocycles. The lowest BCUT2D eigenvalue weighted by Gasteiger charge is -2.23. The van der Waals surface area contributed by atoms with Gasteiger partial charge in [0.25, 0.3) is 5.91 Å².